The minimum absolute atomic E-state index is 0.491. The molecule has 0 spiro atoms. The number of rotatable bonds is 24. The number of hydrogen-bond acceptors (Lipinski definition) is 2. The minimum Gasteiger partial charge on any atom is -0.376 e. The van der Waals surface area contributed by atoms with Crippen LogP contribution >= 0.6 is 0 Å². The van der Waals surface area contributed by atoms with E-state index in [-0.39, 0.29) is 0 Å². The third-order valence-corrected chi connectivity index (χ3v) is 16.1. The van der Waals surface area contributed by atoms with Crippen molar-refractivity contribution < 1.29 is 9.47 Å². The van der Waals surface area contributed by atoms with E-state index in [1.165, 1.54) is 78.0 Å². The molecular weight excluding hydrogens is 1020 g/mol. The molecule has 0 heterocycles. The van der Waals surface area contributed by atoms with Gasteiger partial charge in [-0.1, -0.05) is 321 Å². The summed E-state index contributed by atoms with van der Waals surface area (Å²) >= 11 is 0. The Balaban J connectivity index is 0.000000206. The Bertz CT molecular complexity index is 3470. The first-order chi connectivity index (χ1) is 41.2. The van der Waals surface area contributed by atoms with E-state index in [4.69, 9.17) is 9.47 Å². The highest BCUT2D eigenvalue weighted by molar-refractivity contribution is 5.86. The van der Waals surface area contributed by atoms with Crippen LogP contribution in [0.25, 0.3) is 45.8 Å². The highest BCUT2D eigenvalue weighted by atomic mass is 16.5. The normalized spacial score (nSPS) is 12.1. The molecule has 10 rings (SSSR count). The summed E-state index contributed by atoms with van der Waals surface area (Å²) in [5.74, 6) is 2.16. The summed E-state index contributed by atoms with van der Waals surface area (Å²) in [5.41, 5.74) is 15.6. The van der Waals surface area contributed by atoms with E-state index >= 15 is 0 Å². The number of fused-ring (bicyclic) bond motifs is 2. The quantitative estimate of drug-likeness (QED) is 0.0562. The molecule has 0 aliphatic carbocycles. The topological polar surface area (TPSA) is 18.5 Å². The van der Waals surface area contributed by atoms with E-state index in [0.29, 0.717) is 36.9 Å². The lowest BCUT2D eigenvalue weighted by atomic mass is 9.78. The van der Waals surface area contributed by atoms with Crippen LogP contribution in [0.3, 0.4) is 0 Å². The molecule has 0 aromatic heterocycles. The molecule has 0 aliphatic rings. The van der Waals surface area contributed by atoms with Gasteiger partial charge in [-0.2, -0.15) is 0 Å². The molecule has 0 saturated carbocycles. The van der Waals surface area contributed by atoms with Gasteiger partial charge >= 0.3 is 0 Å². The van der Waals surface area contributed by atoms with E-state index in [2.05, 4.69) is 242 Å². The number of hydrogen-bond donors (Lipinski definition) is 0. The molecule has 10 aromatic carbocycles. The van der Waals surface area contributed by atoms with Crippen LogP contribution in [0.1, 0.15) is 144 Å². The van der Waals surface area contributed by atoms with Gasteiger partial charge in [0.05, 0.1) is 26.4 Å². The van der Waals surface area contributed by atoms with Crippen molar-refractivity contribution in [1.29, 1.82) is 0 Å². The van der Waals surface area contributed by atoms with Gasteiger partial charge in [-0.3, -0.25) is 0 Å². The van der Waals surface area contributed by atoms with Crippen LogP contribution in [0.15, 0.2) is 269 Å². The van der Waals surface area contributed by atoms with E-state index in [1.54, 1.807) is 0 Å². The van der Waals surface area contributed by atoms with Gasteiger partial charge < -0.3 is 9.47 Å². The standard InChI is InChI=1S/C43H50O.C21H20O.C10H10.C8H8/c1-5-32(3)36-23-25-37(26-24-36)33(4)29-42(30-35(6-2)38-13-8-7-9-14-38)39-21-19-34(20-22-39)31-44-28-27-41-17-12-16-40-15-10-11-18-43(40)41;1-2-17-10-12-18(13-11-17)16-22-15-14-20-8-5-7-19-6-3-4-9-21(19)20;1-3-9-5-7-10(4-2)8-6-9;1-2-8-6-4-3-5-7-8/h7-26,32-33,35,42H,5-6,27-31H2,1-4H3;2-13H,1,14-16H2;3-8H,1-2H2;2-7H,1H2. The maximum absolute atomic E-state index is 6.17. The van der Waals surface area contributed by atoms with Crippen molar-refractivity contribution in [3.8, 4) is 0 Å². The number of benzene rings is 10. The molecule has 10 aromatic rings. The highest BCUT2D eigenvalue weighted by Crippen LogP contribution is 2.39. The summed E-state index contributed by atoms with van der Waals surface area (Å²) in [5, 5.41) is 5.24. The molecule has 0 amide bonds. The molecule has 0 saturated heterocycles. The van der Waals surface area contributed by atoms with Gasteiger partial charge in [0.1, 0.15) is 0 Å². The van der Waals surface area contributed by atoms with E-state index < -0.39 is 0 Å². The molecule has 0 bridgehead atoms. The molecule has 84 heavy (non-hydrogen) atoms. The smallest absolute Gasteiger partial charge is 0.0717 e. The predicted molar refractivity (Wildman–Crippen MR) is 366 cm³/mol. The van der Waals surface area contributed by atoms with Crippen molar-refractivity contribution in [3.63, 3.8) is 0 Å². The van der Waals surface area contributed by atoms with Crippen LogP contribution in [0.5, 0.6) is 0 Å². The van der Waals surface area contributed by atoms with E-state index in [0.717, 1.165) is 62.0 Å². The van der Waals surface area contributed by atoms with Gasteiger partial charge in [0.25, 0.3) is 0 Å². The summed E-state index contributed by atoms with van der Waals surface area (Å²) in [7, 11) is 0. The third kappa shape index (κ3) is 19.9. The Morgan fingerprint density at radius 3 is 1.14 bits per heavy atom. The second-order valence-electron chi connectivity index (χ2n) is 21.8. The van der Waals surface area contributed by atoms with Crippen LogP contribution in [0.2, 0.25) is 0 Å². The maximum atomic E-state index is 6.17. The van der Waals surface area contributed by atoms with Gasteiger partial charge in [-0.05, 0) is 151 Å². The van der Waals surface area contributed by atoms with E-state index in [9.17, 15) is 0 Å². The van der Waals surface area contributed by atoms with Crippen molar-refractivity contribution in [2.75, 3.05) is 13.2 Å². The SMILES string of the molecule is C=Cc1ccc(C=C)cc1.C=Cc1ccc(COCCc2cccc3ccccc23)cc1.C=Cc1ccccc1.CCC(C)c1ccc(C(C)CC(CC(CC)c2ccccc2)c2ccc(COCCc3cccc4ccccc34)cc2)cc1. The van der Waals surface area contributed by atoms with Crippen LogP contribution in [-0.4, -0.2) is 13.2 Å². The van der Waals surface area contributed by atoms with Crippen molar-refractivity contribution in [2.45, 2.75) is 103 Å². The fraction of sp³-hybridized carbons (Fsp3) is 0.220. The first-order valence-electron chi connectivity index (χ1n) is 30.3. The Morgan fingerprint density at radius 1 is 0.333 bits per heavy atom. The molecule has 0 fully saturated rings. The molecule has 0 radical (unpaired) electrons. The zero-order valence-corrected chi connectivity index (χ0v) is 50.4. The molecule has 4 atom stereocenters. The Kier molecular flexibility index (Phi) is 26.3. The fourth-order valence-electron chi connectivity index (χ4n) is 10.7. The molecule has 4 unspecified atom stereocenters. The molecule has 0 N–H and O–H groups in total. The zero-order valence-electron chi connectivity index (χ0n) is 50.4. The van der Waals surface area contributed by atoms with Crippen LogP contribution in [-0.2, 0) is 35.5 Å². The molecule has 0 aliphatic heterocycles. The second-order valence-corrected chi connectivity index (χ2v) is 21.8. The van der Waals surface area contributed by atoms with Gasteiger partial charge in [-0.15, -0.1) is 0 Å². The summed E-state index contributed by atoms with van der Waals surface area (Å²) < 4.78 is 12.0. The van der Waals surface area contributed by atoms with Gasteiger partial charge in [0.2, 0.25) is 0 Å². The van der Waals surface area contributed by atoms with Crippen LogP contribution < -0.4 is 0 Å². The van der Waals surface area contributed by atoms with E-state index in [1.807, 2.05) is 78.9 Å². The summed E-state index contributed by atoms with van der Waals surface area (Å²) in [6.07, 6.45) is 13.8. The van der Waals surface area contributed by atoms with Gasteiger partial charge in [-0.25, -0.2) is 0 Å². The average Bonchev–Trinajstić information content (AvgIpc) is 3.65. The van der Waals surface area contributed by atoms with Gasteiger partial charge in [0.15, 0.2) is 0 Å². The lowest BCUT2D eigenvalue weighted by molar-refractivity contribution is 0.124. The highest BCUT2D eigenvalue weighted by Gasteiger charge is 2.22. The first kappa shape index (κ1) is 63.2. The average molecular weight is 1110 g/mol. The Labute approximate surface area is 504 Å². The Morgan fingerprint density at radius 2 is 0.702 bits per heavy atom. The van der Waals surface area contributed by atoms with Crippen molar-refractivity contribution >= 4 is 45.8 Å². The first-order valence-corrected chi connectivity index (χ1v) is 30.3. The molecule has 2 heteroatoms. The van der Waals surface area contributed by atoms with Crippen LogP contribution in [0.4, 0.5) is 0 Å². The van der Waals surface area contributed by atoms with Crippen molar-refractivity contribution in [2.24, 2.45) is 0 Å². The van der Waals surface area contributed by atoms with Crippen molar-refractivity contribution in [3.05, 3.63) is 336 Å². The Hall–Kier alpha value is -8.40. The lowest BCUT2D eigenvalue weighted by Crippen LogP contribution is -2.10. The summed E-state index contributed by atoms with van der Waals surface area (Å²) in [6, 6.07) is 86.4. The van der Waals surface area contributed by atoms with Crippen molar-refractivity contribution in [1.82, 2.24) is 0 Å². The third-order valence-electron chi connectivity index (χ3n) is 16.1. The molecule has 2 nitrogen and oxygen atoms in total. The lowest BCUT2D eigenvalue weighted by Gasteiger charge is -2.27. The molecule has 428 valence electrons. The summed E-state index contributed by atoms with van der Waals surface area (Å²) in [4.78, 5) is 0. The number of ether oxygens (including phenoxy) is 2. The monoisotopic (exact) mass is 1100 g/mol. The summed E-state index contributed by atoms with van der Waals surface area (Å²) in [6.45, 7) is 26.8. The maximum Gasteiger partial charge on any atom is 0.0717 e. The zero-order chi connectivity index (χ0) is 59.1. The second kappa shape index (κ2) is 34.9. The fourth-order valence-corrected chi connectivity index (χ4v) is 10.7. The minimum atomic E-state index is 0.491. The van der Waals surface area contributed by atoms with Crippen LogP contribution in [0, 0.1) is 0 Å². The molecular formula is C82H88O2. The predicted octanol–water partition coefficient (Wildman–Crippen LogP) is 22.5. The largest absolute Gasteiger partial charge is 0.376 e. The van der Waals surface area contributed by atoms with Gasteiger partial charge in [0, 0.05) is 0 Å².